The van der Waals surface area contributed by atoms with E-state index in [2.05, 4.69) is 229 Å². The molecule has 0 bridgehead atoms. The highest BCUT2D eigenvalue weighted by atomic mass is 16.3. The van der Waals surface area contributed by atoms with E-state index in [1.807, 2.05) is 12.1 Å². The molecule has 0 aliphatic heterocycles. The lowest BCUT2D eigenvalue weighted by Gasteiger charge is -2.30. The fraction of sp³-hybridized carbons (Fsp3) is 0. The van der Waals surface area contributed by atoms with Crippen LogP contribution in [0.3, 0.4) is 0 Å². The van der Waals surface area contributed by atoms with E-state index >= 15 is 0 Å². The Balaban J connectivity index is 1.09. The summed E-state index contributed by atoms with van der Waals surface area (Å²) in [6.45, 7) is 0. The molecule has 0 saturated carbocycles. The van der Waals surface area contributed by atoms with Crippen LogP contribution >= 0.6 is 0 Å². The predicted octanol–water partition coefficient (Wildman–Crippen LogP) is 16.5. The van der Waals surface area contributed by atoms with Crippen LogP contribution in [0.1, 0.15) is 0 Å². The van der Waals surface area contributed by atoms with E-state index < -0.39 is 0 Å². The number of anilines is 3. The van der Waals surface area contributed by atoms with Crippen molar-refractivity contribution in [1.29, 1.82) is 0 Å². The van der Waals surface area contributed by atoms with Crippen molar-refractivity contribution in [2.75, 3.05) is 4.90 Å². The summed E-state index contributed by atoms with van der Waals surface area (Å²) in [4.78, 5) is 2.41. The smallest absolute Gasteiger partial charge is 0.135 e. The molecule has 0 saturated heterocycles. The first-order chi connectivity index (χ1) is 29.8. The Hall–Kier alpha value is -7.94. The minimum atomic E-state index is 0.870. The maximum absolute atomic E-state index is 6.34. The number of nitrogens with zero attached hydrogens (tertiary/aromatic N) is 1. The van der Waals surface area contributed by atoms with Crippen molar-refractivity contribution in [1.82, 2.24) is 0 Å². The summed E-state index contributed by atoms with van der Waals surface area (Å²) < 4.78 is 6.34. The van der Waals surface area contributed by atoms with Gasteiger partial charge in [0.15, 0.2) is 0 Å². The molecule has 11 rings (SSSR count). The SMILES string of the molecule is c1ccc(-c2ccccc2-c2c(-c3ccccc3)cccc2N(c2ccc(-c3ccc(-c4cccc5ccccc45)cc3)cc2)c2ccc3oc4ccccc4c3c2)cc1. The van der Waals surface area contributed by atoms with Gasteiger partial charge in [0.25, 0.3) is 0 Å². The maximum Gasteiger partial charge on any atom is 0.135 e. The number of furan rings is 1. The van der Waals surface area contributed by atoms with Crippen LogP contribution in [-0.2, 0) is 0 Å². The van der Waals surface area contributed by atoms with Gasteiger partial charge in [-0.3, -0.25) is 0 Å². The zero-order valence-corrected chi connectivity index (χ0v) is 32.9. The van der Waals surface area contributed by atoms with E-state index in [0.29, 0.717) is 0 Å². The average molecular weight is 766 g/mol. The lowest BCUT2D eigenvalue weighted by Crippen LogP contribution is -2.12. The van der Waals surface area contributed by atoms with Gasteiger partial charge in [-0.1, -0.05) is 194 Å². The third-order valence-electron chi connectivity index (χ3n) is 11.7. The molecule has 0 fully saturated rings. The van der Waals surface area contributed by atoms with Crippen molar-refractivity contribution in [2.24, 2.45) is 0 Å². The second-order valence-electron chi connectivity index (χ2n) is 15.2. The van der Waals surface area contributed by atoms with Crippen LogP contribution < -0.4 is 4.90 Å². The molecule has 60 heavy (non-hydrogen) atoms. The molecule has 282 valence electrons. The van der Waals surface area contributed by atoms with E-state index in [0.717, 1.165) is 55.7 Å². The molecule has 1 aromatic heterocycles. The topological polar surface area (TPSA) is 16.4 Å². The predicted molar refractivity (Wildman–Crippen MR) is 253 cm³/mol. The Kier molecular flexibility index (Phi) is 8.87. The third kappa shape index (κ3) is 6.32. The van der Waals surface area contributed by atoms with Gasteiger partial charge >= 0.3 is 0 Å². The van der Waals surface area contributed by atoms with E-state index in [-0.39, 0.29) is 0 Å². The van der Waals surface area contributed by atoms with Gasteiger partial charge in [0.2, 0.25) is 0 Å². The normalized spacial score (nSPS) is 11.3. The largest absolute Gasteiger partial charge is 0.456 e. The van der Waals surface area contributed by atoms with Gasteiger partial charge < -0.3 is 9.32 Å². The van der Waals surface area contributed by atoms with Crippen LogP contribution in [-0.4, -0.2) is 0 Å². The second-order valence-corrected chi connectivity index (χ2v) is 15.2. The Morgan fingerprint density at radius 3 is 1.55 bits per heavy atom. The number of benzene rings is 10. The van der Waals surface area contributed by atoms with E-state index in [1.54, 1.807) is 0 Å². The summed E-state index contributed by atoms with van der Waals surface area (Å²) in [6, 6.07) is 85.0. The summed E-state index contributed by atoms with van der Waals surface area (Å²) in [7, 11) is 0. The summed E-state index contributed by atoms with van der Waals surface area (Å²) in [6.07, 6.45) is 0. The average Bonchev–Trinajstić information content (AvgIpc) is 3.70. The molecule has 2 heteroatoms. The molecule has 0 atom stereocenters. The van der Waals surface area contributed by atoms with Crippen molar-refractivity contribution in [3.8, 4) is 55.6 Å². The van der Waals surface area contributed by atoms with Gasteiger partial charge in [-0.25, -0.2) is 0 Å². The van der Waals surface area contributed by atoms with Crippen molar-refractivity contribution >= 4 is 49.8 Å². The van der Waals surface area contributed by atoms with Gasteiger partial charge in [0.05, 0.1) is 5.69 Å². The molecule has 0 unspecified atom stereocenters. The molecule has 1 heterocycles. The van der Waals surface area contributed by atoms with Crippen LogP contribution in [0.25, 0.3) is 88.3 Å². The Labute approximate surface area is 349 Å². The van der Waals surface area contributed by atoms with Crippen molar-refractivity contribution in [3.05, 3.63) is 237 Å². The second kappa shape index (κ2) is 15.1. The van der Waals surface area contributed by atoms with Crippen LogP contribution in [0.5, 0.6) is 0 Å². The minimum absolute atomic E-state index is 0.870. The number of para-hydroxylation sites is 1. The highest BCUT2D eigenvalue weighted by Crippen LogP contribution is 2.49. The molecule has 0 aliphatic rings. The molecule has 11 aromatic rings. The van der Waals surface area contributed by atoms with Crippen LogP contribution in [0, 0.1) is 0 Å². The van der Waals surface area contributed by atoms with E-state index in [1.165, 1.54) is 49.7 Å². The highest BCUT2D eigenvalue weighted by Gasteiger charge is 2.23. The van der Waals surface area contributed by atoms with Gasteiger partial charge in [0, 0.05) is 27.7 Å². The molecular weight excluding hydrogens is 727 g/mol. The zero-order valence-electron chi connectivity index (χ0n) is 32.9. The number of hydrogen-bond acceptors (Lipinski definition) is 2. The number of rotatable bonds is 8. The van der Waals surface area contributed by atoms with Crippen molar-refractivity contribution in [2.45, 2.75) is 0 Å². The Morgan fingerprint density at radius 1 is 0.283 bits per heavy atom. The molecule has 0 amide bonds. The summed E-state index contributed by atoms with van der Waals surface area (Å²) in [5, 5.41) is 4.70. The number of hydrogen-bond donors (Lipinski definition) is 0. The summed E-state index contributed by atoms with van der Waals surface area (Å²) in [5.74, 6) is 0. The van der Waals surface area contributed by atoms with Crippen molar-refractivity contribution in [3.63, 3.8) is 0 Å². The quantitative estimate of drug-likeness (QED) is 0.153. The number of fused-ring (bicyclic) bond motifs is 4. The Morgan fingerprint density at radius 2 is 0.783 bits per heavy atom. The highest BCUT2D eigenvalue weighted by molar-refractivity contribution is 6.08. The lowest BCUT2D eigenvalue weighted by atomic mass is 9.87. The zero-order chi connectivity index (χ0) is 39.8. The minimum Gasteiger partial charge on any atom is -0.456 e. The molecular formula is C58H39NO. The molecule has 0 aliphatic carbocycles. The first-order valence-electron chi connectivity index (χ1n) is 20.5. The van der Waals surface area contributed by atoms with Gasteiger partial charge in [-0.15, -0.1) is 0 Å². The van der Waals surface area contributed by atoms with Gasteiger partial charge in [0.1, 0.15) is 11.2 Å². The van der Waals surface area contributed by atoms with E-state index in [9.17, 15) is 0 Å². The van der Waals surface area contributed by atoms with Crippen LogP contribution in [0.2, 0.25) is 0 Å². The standard InChI is InChI=1S/C58H39NO/c1-3-15-42(16-4-1)50-22-9-10-24-53(50)58-51(44-17-5-2-6-18-44)26-14-27-55(58)59(47-37-38-57-54(39-47)52-23-11-12-28-56(52)60-57)46-35-33-41(34-36-46)40-29-31-45(32-30-40)49-25-13-20-43-19-7-8-21-48(43)49/h1-39H. The first-order valence-corrected chi connectivity index (χ1v) is 20.5. The van der Waals surface area contributed by atoms with E-state index in [4.69, 9.17) is 4.42 Å². The molecule has 0 spiro atoms. The first kappa shape index (κ1) is 35.2. The fourth-order valence-electron chi connectivity index (χ4n) is 8.84. The van der Waals surface area contributed by atoms with Crippen LogP contribution in [0.15, 0.2) is 241 Å². The Bertz CT molecular complexity index is 3290. The van der Waals surface area contributed by atoms with Crippen molar-refractivity contribution < 1.29 is 4.42 Å². The lowest BCUT2D eigenvalue weighted by molar-refractivity contribution is 0.669. The summed E-state index contributed by atoms with van der Waals surface area (Å²) in [5.41, 5.74) is 16.7. The van der Waals surface area contributed by atoms with Gasteiger partial charge in [-0.2, -0.15) is 0 Å². The summed E-state index contributed by atoms with van der Waals surface area (Å²) >= 11 is 0. The van der Waals surface area contributed by atoms with Crippen LogP contribution in [0.4, 0.5) is 17.1 Å². The molecule has 2 nitrogen and oxygen atoms in total. The molecule has 10 aromatic carbocycles. The fourth-order valence-corrected chi connectivity index (χ4v) is 8.84. The molecule has 0 radical (unpaired) electrons. The van der Waals surface area contributed by atoms with Gasteiger partial charge in [-0.05, 0) is 103 Å². The monoisotopic (exact) mass is 765 g/mol. The molecule has 0 N–H and O–H groups in total. The third-order valence-corrected chi connectivity index (χ3v) is 11.7. The maximum atomic E-state index is 6.34.